The average molecular weight is 174 g/mol. The summed E-state index contributed by atoms with van der Waals surface area (Å²) in [5.41, 5.74) is 9.90. The average Bonchev–Trinajstić information content (AvgIpc) is 2.70. The molecular weight excluding hydrogens is 164 g/mol. The Hall–Kier alpha value is -1.51. The van der Waals surface area contributed by atoms with Gasteiger partial charge in [-0.2, -0.15) is 0 Å². The Balaban J connectivity index is 2.47. The predicted octanol–water partition coefficient (Wildman–Crippen LogP) is 1.90. The zero-order chi connectivity index (χ0) is 8.84. The van der Waals surface area contributed by atoms with E-state index >= 15 is 0 Å². The molecule has 3 nitrogen and oxygen atoms in total. The molecule has 2 aromatic heterocycles. The Kier molecular flexibility index (Phi) is 1.20. The second-order valence-corrected chi connectivity index (χ2v) is 3.49. The number of rotatable bonds is 0. The summed E-state index contributed by atoms with van der Waals surface area (Å²) in [5, 5.41) is 1.04. The Bertz CT molecular complexity index is 473. The molecular formula is C10H10N2O. The fraction of sp³-hybridized carbons (Fsp3) is 0.300. The number of nitrogens with zero attached hydrogens (tertiary/aromatic N) is 1. The van der Waals surface area contributed by atoms with Gasteiger partial charge in [0.15, 0.2) is 0 Å². The minimum Gasteiger partial charge on any atom is -0.444 e. The lowest BCUT2D eigenvalue weighted by Gasteiger charge is -1.98. The number of pyridine rings is 1. The van der Waals surface area contributed by atoms with Gasteiger partial charge in [0.1, 0.15) is 6.26 Å². The van der Waals surface area contributed by atoms with E-state index in [4.69, 9.17) is 10.2 Å². The molecule has 0 spiro atoms. The second-order valence-electron chi connectivity index (χ2n) is 3.49. The smallest absolute Gasteiger partial charge is 0.228 e. The lowest BCUT2D eigenvalue weighted by atomic mass is 10.1. The number of hydrogen-bond donors (Lipinski definition) is 1. The molecule has 0 saturated carbocycles. The quantitative estimate of drug-likeness (QED) is 0.663. The van der Waals surface area contributed by atoms with Crippen LogP contribution < -0.4 is 5.73 Å². The number of fused-ring (bicyclic) bond motifs is 3. The van der Waals surface area contributed by atoms with Gasteiger partial charge in [0, 0.05) is 6.20 Å². The van der Waals surface area contributed by atoms with E-state index in [-0.39, 0.29) is 0 Å². The molecule has 0 unspecified atom stereocenters. The van der Waals surface area contributed by atoms with Gasteiger partial charge in [0.2, 0.25) is 5.71 Å². The van der Waals surface area contributed by atoms with Gasteiger partial charge in [0.05, 0.1) is 11.1 Å². The van der Waals surface area contributed by atoms with Crippen molar-refractivity contribution in [2.24, 2.45) is 0 Å². The minimum absolute atomic E-state index is 0.679. The second kappa shape index (κ2) is 2.25. The van der Waals surface area contributed by atoms with Crippen LogP contribution in [-0.2, 0) is 12.8 Å². The van der Waals surface area contributed by atoms with Crippen molar-refractivity contribution in [3.05, 3.63) is 23.6 Å². The number of nitrogen functional groups attached to an aromatic ring is 1. The van der Waals surface area contributed by atoms with Crippen molar-refractivity contribution >= 4 is 16.8 Å². The number of aryl methyl sites for hydroxylation is 2. The number of nitrogens with two attached hydrogens (primary N) is 1. The molecule has 0 aromatic carbocycles. The number of hydrogen-bond acceptors (Lipinski definition) is 3. The summed E-state index contributed by atoms with van der Waals surface area (Å²) >= 11 is 0. The van der Waals surface area contributed by atoms with Crippen LogP contribution in [-0.4, -0.2) is 4.98 Å². The van der Waals surface area contributed by atoms with E-state index in [0.717, 1.165) is 23.9 Å². The molecule has 3 rings (SSSR count). The maximum absolute atomic E-state index is 5.82. The fourth-order valence-corrected chi connectivity index (χ4v) is 2.09. The topological polar surface area (TPSA) is 52.0 Å². The van der Waals surface area contributed by atoms with Crippen molar-refractivity contribution in [3.8, 4) is 0 Å². The molecule has 3 heteroatoms. The molecule has 0 fully saturated rings. The lowest BCUT2D eigenvalue weighted by molar-refractivity contribution is 0.604. The highest BCUT2D eigenvalue weighted by molar-refractivity contribution is 5.91. The first-order chi connectivity index (χ1) is 6.36. The van der Waals surface area contributed by atoms with Crippen molar-refractivity contribution in [1.82, 2.24) is 4.98 Å². The van der Waals surface area contributed by atoms with Gasteiger partial charge in [-0.05, 0) is 30.4 Å². The lowest BCUT2D eigenvalue weighted by Crippen LogP contribution is -1.89. The van der Waals surface area contributed by atoms with Crippen molar-refractivity contribution in [2.75, 3.05) is 5.73 Å². The van der Waals surface area contributed by atoms with Gasteiger partial charge in [0.25, 0.3) is 0 Å². The van der Waals surface area contributed by atoms with E-state index < -0.39 is 0 Å². The molecule has 2 heterocycles. The molecule has 66 valence electrons. The van der Waals surface area contributed by atoms with Gasteiger partial charge in [-0.3, -0.25) is 0 Å². The molecule has 13 heavy (non-hydrogen) atoms. The summed E-state index contributed by atoms with van der Waals surface area (Å²) in [7, 11) is 0. The molecule has 2 N–H and O–H groups in total. The largest absolute Gasteiger partial charge is 0.444 e. The summed E-state index contributed by atoms with van der Waals surface area (Å²) in [6.45, 7) is 0. The van der Waals surface area contributed by atoms with Gasteiger partial charge in [-0.25, -0.2) is 4.98 Å². The Labute approximate surface area is 75.6 Å². The third-order valence-electron chi connectivity index (χ3n) is 2.70. The number of aromatic nitrogens is 1. The van der Waals surface area contributed by atoms with Crippen LogP contribution in [0.15, 0.2) is 16.9 Å². The van der Waals surface area contributed by atoms with Crippen LogP contribution in [0, 0.1) is 0 Å². The first-order valence-corrected chi connectivity index (χ1v) is 4.49. The van der Waals surface area contributed by atoms with E-state index in [1.165, 1.54) is 17.5 Å². The summed E-state index contributed by atoms with van der Waals surface area (Å²) in [6, 6.07) is 0. The van der Waals surface area contributed by atoms with Crippen molar-refractivity contribution in [1.29, 1.82) is 0 Å². The van der Waals surface area contributed by atoms with Crippen LogP contribution in [0.25, 0.3) is 11.1 Å². The fourth-order valence-electron chi connectivity index (χ4n) is 2.09. The van der Waals surface area contributed by atoms with E-state index in [0.29, 0.717) is 5.71 Å². The first-order valence-electron chi connectivity index (χ1n) is 4.49. The molecule has 0 atom stereocenters. The van der Waals surface area contributed by atoms with Gasteiger partial charge >= 0.3 is 0 Å². The molecule has 0 bridgehead atoms. The Morgan fingerprint density at radius 1 is 1.38 bits per heavy atom. The van der Waals surface area contributed by atoms with E-state index in [1.807, 2.05) is 6.20 Å². The minimum atomic E-state index is 0.679. The molecule has 1 aliphatic carbocycles. The van der Waals surface area contributed by atoms with Crippen LogP contribution in [0.2, 0.25) is 0 Å². The predicted molar refractivity (Wildman–Crippen MR) is 50.4 cm³/mol. The zero-order valence-corrected chi connectivity index (χ0v) is 7.21. The van der Waals surface area contributed by atoms with E-state index in [1.54, 1.807) is 6.26 Å². The zero-order valence-electron chi connectivity index (χ0n) is 7.21. The summed E-state index contributed by atoms with van der Waals surface area (Å²) in [4.78, 5) is 4.23. The van der Waals surface area contributed by atoms with E-state index in [9.17, 15) is 0 Å². The summed E-state index contributed by atoms with van der Waals surface area (Å²) < 4.78 is 5.24. The van der Waals surface area contributed by atoms with Gasteiger partial charge in [-0.1, -0.05) is 0 Å². The number of furan rings is 1. The van der Waals surface area contributed by atoms with Gasteiger partial charge in [-0.15, -0.1) is 0 Å². The Morgan fingerprint density at radius 2 is 2.31 bits per heavy atom. The first kappa shape index (κ1) is 6.95. The maximum Gasteiger partial charge on any atom is 0.228 e. The highest BCUT2D eigenvalue weighted by atomic mass is 16.3. The molecule has 1 aliphatic rings. The normalized spacial score (nSPS) is 15.1. The summed E-state index contributed by atoms with van der Waals surface area (Å²) in [6.07, 6.45) is 6.94. The monoisotopic (exact) mass is 174 g/mol. The highest BCUT2D eigenvalue weighted by Crippen LogP contribution is 2.32. The summed E-state index contributed by atoms with van der Waals surface area (Å²) in [5.74, 6) is 0. The van der Waals surface area contributed by atoms with E-state index in [2.05, 4.69) is 4.98 Å². The molecule has 2 aromatic rings. The van der Waals surface area contributed by atoms with Crippen LogP contribution in [0.1, 0.15) is 17.5 Å². The Morgan fingerprint density at radius 3 is 3.23 bits per heavy atom. The van der Waals surface area contributed by atoms with Crippen molar-refractivity contribution in [2.45, 2.75) is 19.3 Å². The highest BCUT2D eigenvalue weighted by Gasteiger charge is 2.17. The molecule has 0 amide bonds. The third kappa shape index (κ3) is 0.813. The van der Waals surface area contributed by atoms with Crippen LogP contribution in [0.5, 0.6) is 0 Å². The van der Waals surface area contributed by atoms with Crippen LogP contribution in [0.4, 0.5) is 5.69 Å². The van der Waals surface area contributed by atoms with Crippen LogP contribution >= 0.6 is 0 Å². The standard InChI is InChI=1S/C10H10N2O/c11-8-5-13-10-9(8)7-3-1-2-6(7)4-12-10/h4-5H,1-3,11H2. The molecule has 0 aliphatic heterocycles. The third-order valence-corrected chi connectivity index (χ3v) is 2.70. The van der Waals surface area contributed by atoms with Gasteiger partial charge < -0.3 is 10.2 Å². The van der Waals surface area contributed by atoms with Crippen LogP contribution in [0.3, 0.4) is 0 Å². The molecule has 0 saturated heterocycles. The SMILES string of the molecule is Nc1coc2ncc3c(c12)CCC3. The van der Waals surface area contributed by atoms with Crippen molar-refractivity contribution in [3.63, 3.8) is 0 Å². The number of anilines is 1. The maximum atomic E-state index is 5.82. The molecule has 0 radical (unpaired) electrons. The van der Waals surface area contributed by atoms with Crippen molar-refractivity contribution < 1.29 is 4.42 Å².